The predicted molar refractivity (Wildman–Crippen MR) is 87.8 cm³/mol. The van der Waals surface area contributed by atoms with Gasteiger partial charge in [-0.2, -0.15) is 0 Å². The first-order valence-electron chi connectivity index (χ1n) is 8.26. The molecule has 0 aliphatic heterocycles. The van der Waals surface area contributed by atoms with Gasteiger partial charge in [0.2, 0.25) is 0 Å². The molecule has 2 aliphatic rings. The van der Waals surface area contributed by atoms with Crippen molar-refractivity contribution in [1.82, 2.24) is 9.55 Å². The summed E-state index contributed by atoms with van der Waals surface area (Å²) in [5.74, 6) is 4.65. The summed E-state index contributed by atoms with van der Waals surface area (Å²) in [5.41, 5.74) is 3.75. The van der Waals surface area contributed by atoms with Crippen molar-refractivity contribution in [2.45, 2.75) is 45.6 Å². The molecule has 21 heavy (non-hydrogen) atoms. The molecule has 2 aliphatic carbocycles. The van der Waals surface area contributed by atoms with E-state index in [0.29, 0.717) is 5.88 Å². The summed E-state index contributed by atoms with van der Waals surface area (Å²) in [7, 11) is 0. The van der Waals surface area contributed by atoms with Gasteiger partial charge >= 0.3 is 0 Å². The molecule has 2 bridgehead atoms. The van der Waals surface area contributed by atoms with Crippen LogP contribution < -0.4 is 0 Å². The van der Waals surface area contributed by atoms with E-state index in [1.165, 1.54) is 42.6 Å². The van der Waals surface area contributed by atoms with Crippen molar-refractivity contribution in [3.63, 3.8) is 0 Å². The molecule has 1 aromatic carbocycles. The lowest BCUT2D eigenvalue weighted by molar-refractivity contribution is 0.296. The normalized spacial score (nSPS) is 27.8. The molecule has 0 amide bonds. The second-order valence-electron chi connectivity index (χ2n) is 7.00. The molecule has 0 radical (unpaired) electrons. The Morgan fingerprint density at radius 3 is 2.90 bits per heavy atom. The van der Waals surface area contributed by atoms with E-state index >= 15 is 0 Å². The van der Waals surface area contributed by atoms with Gasteiger partial charge < -0.3 is 4.57 Å². The van der Waals surface area contributed by atoms with E-state index in [4.69, 9.17) is 16.6 Å². The molecule has 4 rings (SSSR count). The van der Waals surface area contributed by atoms with E-state index in [9.17, 15) is 0 Å². The van der Waals surface area contributed by atoms with Gasteiger partial charge in [0.05, 0.1) is 11.0 Å². The second-order valence-corrected chi connectivity index (χ2v) is 7.38. The van der Waals surface area contributed by atoms with Crippen LogP contribution in [0.3, 0.4) is 0 Å². The average molecular weight is 303 g/mol. The van der Waals surface area contributed by atoms with Crippen LogP contribution in [0.4, 0.5) is 0 Å². The molecular weight excluding hydrogens is 280 g/mol. The summed E-state index contributed by atoms with van der Waals surface area (Å²) in [4.78, 5) is 4.83. The van der Waals surface area contributed by atoms with E-state index in [1.807, 2.05) is 0 Å². The maximum absolute atomic E-state index is 5.99. The number of imidazole rings is 1. The first kappa shape index (κ1) is 13.6. The molecule has 1 aromatic heterocycles. The fourth-order valence-corrected chi connectivity index (χ4v) is 4.77. The van der Waals surface area contributed by atoms with Crippen LogP contribution in [0.25, 0.3) is 11.0 Å². The van der Waals surface area contributed by atoms with Gasteiger partial charge in [-0.15, -0.1) is 11.6 Å². The third kappa shape index (κ3) is 2.38. The van der Waals surface area contributed by atoms with E-state index in [-0.39, 0.29) is 0 Å². The summed E-state index contributed by atoms with van der Waals surface area (Å²) in [6, 6.07) is 6.59. The number of aryl methyl sites for hydroxylation is 2. The van der Waals surface area contributed by atoms with E-state index in [1.54, 1.807) is 0 Å². The number of alkyl halides is 1. The Balaban J connectivity index is 1.71. The van der Waals surface area contributed by atoms with Crippen molar-refractivity contribution in [2.75, 3.05) is 5.88 Å². The molecular formula is C18H23ClN2. The standard InChI is InChI=1S/C18H23ClN2/c1-12-2-5-16-17(8-12)21(18(20-16)6-7-19)11-15-10-13-3-4-14(15)9-13/h2,5,8,13-15H,3-4,6-7,9-11H2,1H3. The third-order valence-corrected chi connectivity index (χ3v) is 5.79. The number of fused-ring (bicyclic) bond motifs is 3. The van der Waals surface area contributed by atoms with Gasteiger partial charge in [-0.1, -0.05) is 12.5 Å². The van der Waals surface area contributed by atoms with Gasteiger partial charge in [0.25, 0.3) is 0 Å². The average Bonchev–Trinajstić information content (AvgIpc) is 3.15. The SMILES string of the molecule is Cc1ccc2nc(CCCl)n(CC3CC4CCC3C4)c2c1. The number of hydrogen-bond donors (Lipinski definition) is 0. The molecule has 112 valence electrons. The van der Waals surface area contributed by atoms with Crippen LogP contribution in [-0.4, -0.2) is 15.4 Å². The van der Waals surface area contributed by atoms with Crippen LogP contribution in [0.15, 0.2) is 18.2 Å². The summed E-state index contributed by atoms with van der Waals surface area (Å²) >= 11 is 5.99. The molecule has 3 heteroatoms. The number of aromatic nitrogens is 2. The Morgan fingerprint density at radius 2 is 2.19 bits per heavy atom. The highest BCUT2D eigenvalue weighted by atomic mass is 35.5. The quantitative estimate of drug-likeness (QED) is 0.757. The number of nitrogens with zero attached hydrogens (tertiary/aromatic N) is 2. The zero-order valence-electron chi connectivity index (χ0n) is 12.7. The summed E-state index contributed by atoms with van der Waals surface area (Å²) in [6.07, 6.45) is 6.69. The Morgan fingerprint density at radius 1 is 1.29 bits per heavy atom. The molecule has 3 atom stereocenters. The highest BCUT2D eigenvalue weighted by molar-refractivity contribution is 6.17. The van der Waals surface area contributed by atoms with E-state index in [2.05, 4.69) is 29.7 Å². The Hall–Kier alpha value is -1.02. The van der Waals surface area contributed by atoms with Gasteiger partial charge in [-0.3, -0.25) is 0 Å². The van der Waals surface area contributed by atoms with E-state index in [0.717, 1.165) is 36.2 Å². The van der Waals surface area contributed by atoms with E-state index < -0.39 is 0 Å². The summed E-state index contributed by atoms with van der Waals surface area (Å²) in [5, 5.41) is 0. The van der Waals surface area contributed by atoms with Gasteiger partial charge in [0.15, 0.2) is 0 Å². The summed E-state index contributed by atoms with van der Waals surface area (Å²) < 4.78 is 2.47. The van der Waals surface area contributed by atoms with Gasteiger partial charge in [-0.05, 0) is 61.6 Å². The number of hydrogen-bond acceptors (Lipinski definition) is 1. The molecule has 2 fully saturated rings. The molecule has 0 N–H and O–H groups in total. The lowest BCUT2D eigenvalue weighted by Crippen LogP contribution is -2.19. The molecule has 2 saturated carbocycles. The minimum atomic E-state index is 0.652. The highest BCUT2D eigenvalue weighted by Gasteiger charge is 2.39. The molecule has 0 spiro atoms. The van der Waals surface area contributed by atoms with Crippen LogP contribution >= 0.6 is 11.6 Å². The first-order chi connectivity index (χ1) is 10.2. The zero-order valence-corrected chi connectivity index (χ0v) is 13.4. The minimum Gasteiger partial charge on any atom is -0.328 e. The van der Waals surface area contributed by atoms with Gasteiger partial charge in [0.1, 0.15) is 5.82 Å². The molecule has 1 heterocycles. The Labute approximate surface area is 131 Å². The van der Waals surface area contributed by atoms with Crippen LogP contribution in [0, 0.1) is 24.7 Å². The lowest BCUT2D eigenvalue weighted by Gasteiger charge is -2.23. The largest absolute Gasteiger partial charge is 0.328 e. The van der Waals surface area contributed by atoms with Crippen LogP contribution in [-0.2, 0) is 13.0 Å². The second kappa shape index (κ2) is 5.31. The number of rotatable bonds is 4. The monoisotopic (exact) mass is 302 g/mol. The smallest absolute Gasteiger partial charge is 0.111 e. The van der Waals surface area contributed by atoms with Crippen molar-refractivity contribution in [2.24, 2.45) is 17.8 Å². The van der Waals surface area contributed by atoms with Crippen molar-refractivity contribution in [3.05, 3.63) is 29.6 Å². The Bertz CT molecular complexity index is 661. The van der Waals surface area contributed by atoms with Crippen molar-refractivity contribution < 1.29 is 0 Å². The fourth-order valence-electron chi connectivity index (χ4n) is 4.60. The predicted octanol–water partition coefficient (Wildman–Crippen LogP) is 4.56. The maximum Gasteiger partial charge on any atom is 0.111 e. The van der Waals surface area contributed by atoms with Crippen LogP contribution in [0.5, 0.6) is 0 Å². The fraction of sp³-hybridized carbons (Fsp3) is 0.611. The van der Waals surface area contributed by atoms with Crippen molar-refractivity contribution in [1.29, 1.82) is 0 Å². The zero-order chi connectivity index (χ0) is 14.4. The number of halogens is 1. The lowest BCUT2D eigenvalue weighted by atomic mass is 9.88. The van der Waals surface area contributed by atoms with Crippen molar-refractivity contribution >= 4 is 22.6 Å². The molecule has 2 nitrogen and oxygen atoms in total. The highest BCUT2D eigenvalue weighted by Crippen LogP contribution is 2.49. The first-order valence-corrected chi connectivity index (χ1v) is 8.80. The van der Waals surface area contributed by atoms with Crippen molar-refractivity contribution in [3.8, 4) is 0 Å². The van der Waals surface area contributed by atoms with Crippen LogP contribution in [0.1, 0.15) is 37.1 Å². The minimum absolute atomic E-state index is 0.652. The number of benzene rings is 1. The van der Waals surface area contributed by atoms with Gasteiger partial charge in [-0.25, -0.2) is 4.98 Å². The van der Waals surface area contributed by atoms with Crippen LogP contribution in [0.2, 0.25) is 0 Å². The topological polar surface area (TPSA) is 17.8 Å². The third-order valence-electron chi connectivity index (χ3n) is 5.60. The molecule has 2 aromatic rings. The molecule has 0 saturated heterocycles. The summed E-state index contributed by atoms with van der Waals surface area (Å²) in [6.45, 7) is 3.31. The Kier molecular flexibility index (Phi) is 3.45. The van der Waals surface area contributed by atoms with Gasteiger partial charge in [0, 0.05) is 18.8 Å². The molecule has 3 unspecified atom stereocenters. The maximum atomic E-state index is 5.99.